The van der Waals surface area contributed by atoms with E-state index in [2.05, 4.69) is 179 Å². The number of rotatable bonds is 4. The van der Waals surface area contributed by atoms with Crippen LogP contribution in [0.2, 0.25) is 24.5 Å². The lowest BCUT2D eigenvalue weighted by molar-refractivity contribution is 0.120. The van der Waals surface area contributed by atoms with Crippen LogP contribution in [0.3, 0.4) is 0 Å². The molecule has 5 atom stereocenters. The molecule has 2 heterocycles. The number of hydrogen-bond acceptors (Lipinski definition) is 2. The Labute approximate surface area is 356 Å². The first-order valence-corrected chi connectivity index (χ1v) is 26.4. The average Bonchev–Trinajstić information content (AvgIpc) is 3.16. The summed E-state index contributed by atoms with van der Waals surface area (Å²) in [6, 6.07) is 8.56. The molecule has 2 nitrogen and oxygen atoms in total. The number of allylic oxidation sites excluding steroid dienone is 13. The summed E-state index contributed by atoms with van der Waals surface area (Å²) in [6.07, 6.45) is 34.0. The zero-order chi connectivity index (χ0) is 41.7. The second-order valence-corrected chi connectivity index (χ2v) is 28.9. The molecule has 0 bridgehead atoms. The van der Waals surface area contributed by atoms with Crippen molar-refractivity contribution in [3.8, 4) is 0 Å². The number of hydrogen-bond donors (Lipinski definition) is 0. The Morgan fingerprint density at radius 2 is 1.48 bits per heavy atom. The molecule has 2 aliphatic heterocycles. The van der Waals surface area contributed by atoms with E-state index in [1.54, 1.807) is 33.0 Å². The molecule has 0 amide bonds. The Kier molecular flexibility index (Phi) is 10.5. The van der Waals surface area contributed by atoms with Crippen LogP contribution in [0.4, 0.5) is 5.69 Å². The summed E-state index contributed by atoms with van der Waals surface area (Å²) in [5.41, 5.74) is 15.3. The summed E-state index contributed by atoms with van der Waals surface area (Å²) in [6.45, 7) is 35.1. The lowest BCUT2D eigenvalue weighted by atomic mass is 9.26. The largest absolute Gasteiger partial charge is 0.363 e. The minimum absolute atomic E-state index is 0.0821. The van der Waals surface area contributed by atoms with Gasteiger partial charge in [-0.25, -0.2) is 0 Å². The van der Waals surface area contributed by atoms with Crippen molar-refractivity contribution in [2.45, 2.75) is 183 Å². The number of anilines is 1. The minimum Gasteiger partial charge on any atom is -0.363 e. The Morgan fingerprint density at radius 1 is 0.741 bits per heavy atom. The Morgan fingerprint density at radius 3 is 2.10 bits per heavy atom. The maximum absolute atomic E-state index is 3.10. The Balaban J connectivity index is 1.41. The highest BCUT2D eigenvalue weighted by Crippen LogP contribution is 2.59. The smallest absolute Gasteiger partial charge is 0.220 e. The van der Waals surface area contributed by atoms with Gasteiger partial charge in [0.25, 0.3) is 0 Å². The van der Waals surface area contributed by atoms with Crippen molar-refractivity contribution in [2.75, 3.05) is 4.90 Å². The maximum Gasteiger partial charge on any atom is 0.220 e. The minimum atomic E-state index is -1.88. The second-order valence-electron chi connectivity index (χ2n) is 24.1. The molecule has 4 unspecified atom stereocenters. The molecule has 58 heavy (non-hydrogen) atoms. The zero-order valence-electron chi connectivity index (χ0n) is 39.2. The van der Waals surface area contributed by atoms with Crippen LogP contribution in [-0.2, 0) is 5.41 Å². The Bertz CT molecular complexity index is 2070. The highest BCUT2D eigenvalue weighted by molar-refractivity contribution is 6.86. The first-order chi connectivity index (χ1) is 27.0. The predicted molar refractivity (Wildman–Crippen MR) is 257 cm³/mol. The van der Waals surface area contributed by atoms with E-state index in [9.17, 15) is 0 Å². The molecule has 4 heteroatoms. The molecule has 0 aromatic heterocycles. The van der Waals surface area contributed by atoms with Crippen molar-refractivity contribution >= 4 is 25.9 Å². The number of nitrogens with zero attached hydrogens (tertiary/aromatic N) is 2. The van der Waals surface area contributed by atoms with Gasteiger partial charge in [0.05, 0.1) is 8.07 Å². The van der Waals surface area contributed by atoms with Crippen molar-refractivity contribution < 1.29 is 0 Å². The number of fused-ring (bicyclic) bond motifs is 4. The van der Waals surface area contributed by atoms with Gasteiger partial charge in [-0.15, -0.1) is 0 Å². The fraction of sp³-hybridized carbons (Fsp3) is 0.593. The van der Waals surface area contributed by atoms with E-state index < -0.39 is 8.07 Å². The second kappa shape index (κ2) is 14.6. The normalized spacial score (nSPS) is 27.9. The van der Waals surface area contributed by atoms with E-state index in [4.69, 9.17) is 0 Å². The van der Waals surface area contributed by atoms with Crippen molar-refractivity contribution in [2.24, 2.45) is 22.2 Å². The predicted octanol–water partition coefficient (Wildman–Crippen LogP) is 14.3. The topological polar surface area (TPSA) is 6.48 Å². The molecule has 1 fully saturated rings. The quantitative estimate of drug-likeness (QED) is 0.280. The summed E-state index contributed by atoms with van der Waals surface area (Å²) in [4.78, 5) is 5.95. The van der Waals surface area contributed by atoms with Gasteiger partial charge in [-0.2, -0.15) is 0 Å². The fourth-order valence-electron chi connectivity index (χ4n) is 12.0. The van der Waals surface area contributed by atoms with Crippen LogP contribution in [0.5, 0.6) is 0 Å². The monoisotopic (exact) mass is 793 g/mol. The first kappa shape index (κ1) is 41.7. The van der Waals surface area contributed by atoms with Crippen LogP contribution in [0.1, 0.15) is 146 Å². The van der Waals surface area contributed by atoms with Gasteiger partial charge in [-0.1, -0.05) is 173 Å². The fourth-order valence-corrected chi connectivity index (χ4v) is 15.2. The molecule has 5 aliphatic carbocycles. The van der Waals surface area contributed by atoms with Crippen LogP contribution >= 0.6 is 0 Å². The average molecular weight is 793 g/mol. The molecule has 1 aromatic carbocycles. The van der Waals surface area contributed by atoms with Crippen molar-refractivity contribution in [3.63, 3.8) is 0 Å². The lowest BCUT2D eigenvalue weighted by Crippen LogP contribution is -2.66. The first-order valence-electron chi connectivity index (χ1n) is 23.4. The van der Waals surface area contributed by atoms with Crippen LogP contribution in [0.25, 0.3) is 0 Å². The van der Waals surface area contributed by atoms with Crippen LogP contribution < -0.4 is 10.4 Å². The van der Waals surface area contributed by atoms with Gasteiger partial charge >= 0.3 is 0 Å². The summed E-state index contributed by atoms with van der Waals surface area (Å²) in [7, 11) is -1.88. The molecule has 8 rings (SSSR count). The summed E-state index contributed by atoms with van der Waals surface area (Å²) in [5, 5.41) is 1.76. The highest BCUT2D eigenvalue weighted by Gasteiger charge is 2.59. The SMILES string of the molecule is CC(C)(C)C1=CC(N2C3CC([Si](C)(C)C4=CC=CCC4)C=C4C3B(C3=CCC(C(C)(C)C)C[C@H]32)c2cc(C(C)(C)C)ccc2N4C2=CC=C(C(C)(C)C)CC2)=CCC1. The molecule has 7 aliphatic rings. The summed E-state index contributed by atoms with van der Waals surface area (Å²) < 4.78 is 0. The van der Waals surface area contributed by atoms with Gasteiger partial charge in [0.1, 0.15) is 0 Å². The molecule has 1 aromatic rings. The molecule has 0 N–H and O–H groups in total. The van der Waals surface area contributed by atoms with Crippen molar-refractivity contribution in [1.82, 2.24) is 4.90 Å². The van der Waals surface area contributed by atoms with Crippen LogP contribution in [-0.4, -0.2) is 31.8 Å². The summed E-state index contributed by atoms with van der Waals surface area (Å²) >= 11 is 0. The van der Waals surface area contributed by atoms with Gasteiger partial charge in [-0.05, 0) is 120 Å². The standard InChI is InChI=1S/C54H77BN2Si/c1-51(2,3)36-23-27-40(28-24-36)56-46-30-26-38(53(7,8)9)32-45(46)55-44-29-25-39(54(10,11)12)33-47(44)57(41-20-18-19-37(31-41)52(4,5)6)49-35-43(34-48(56)50(49)55)58(13,14)42-21-16-15-17-22-42/h15-16,20-21,23,26-27,29-32,34,39,43,47,49-50H,17-19,22,24-25,28,33,35H2,1-14H3/t39?,43?,47-,49?,50?/m1/s1. The molecular formula is C54H77BN2Si. The van der Waals surface area contributed by atoms with Crippen LogP contribution in [0, 0.1) is 22.2 Å². The van der Waals surface area contributed by atoms with Crippen molar-refractivity contribution in [1.29, 1.82) is 0 Å². The van der Waals surface area contributed by atoms with Gasteiger partial charge in [-0.3, -0.25) is 0 Å². The third-order valence-corrected chi connectivity index (χ3v) is 20.3. The van der Waals surface area contributed by atoms with E-state index in [1.807, 2.05) is 0 Å². The van der Waals surface area contributed by atoms with E-state index in [1.165, 1.54) is 61.2 Å². The van der Waals surface area contributed by atoms with E-state index in [0.717, 1.165) is 19.3 Å². The van der Waals surface area contributed by atoms with E-state index in [0.29, 0.717) is 36.1 Å². The van der Waals surface area contributed by atoms with Crippen molar-refractivity contribution in [3.05, 3.63) is 117 Å². The molecule has 0 saturated carbocycles. The maximum atomic E-state index is 3.10. The van der Waals surface area contributed by atoms with E-state index >= 15 is 0 Å². The molecular weight excluding hydrogens is 716 g/mol. The van der Waals surface area contributed by atoms with Gasteiger partial charge in [0.2, 0.25) is 6.71 Å². The van der Waals surface area contributed by atoms with Gasteiger partial charge in [0, 0.05) is 40.7 Å². The molecule has 0 radical (unpaired) electrons. The zero-order valence-corrected chi connectivity index (χ0v) is 40.2. The van der Waals surface area contributed by atoms with Gasteiger partial charge in [0.15, 0.2) is 0 Å². The molecule has 0 spiro atoms. The van der Waals surface area contributed by atoms with Crippen LogP contribution in [0.15, 0.2) is 112 Å². The summed E-state index contributed by atoms with van der Waals surface area (Å²) in [5.74, 6) is 1.06. The van der Waals surface area contributed by atoms with E-state index in [-0.39, 0.29) is 21.7 Å². The number of benzene rings is 1. The third-order valence-electron chi connectivity index (χ3n) is 16.0. The van der Waals surface area contributed by atoms with Gasteiger partial charge < -0.3 is 9.80 Å². The lowest BCUT2D eigenvalue weighted by Gasteiger charge is -2.61. The highest BCUT2D eigenvalue weighted by atomic mass is 28.3. The Hall–Kier alpha value is -2.98. The molecule has 1 saturated heterocycles. The molecule has 310 valence electrons. The third kappa shape index (κ3) is 7.42.